The lowest BCUT2D eigenvalue weighted by Gasteiger charge is -2.35. The average molecular weight is 578 g/mol. The summed E-state index contributed by atoms with van der Waals surface area (Å²) in [5.74, 6) is -0.131. The van der Waals surface area contributed by atoms with Gasteiger partial charge in [-0.3, -0.25) is 9.69 Å². The monoisotopic (exact) mass is 576 g/mol. The van der Waals surface area contributed by atoms with Gasteiger partial charge in [-0.1, -0.05) is 41.4 Å². The molecule has 0 unspecified atom stereocenters. The number of rotatable bonds is 7. The SMILES string of the molecule is COC(=O)[C@@H](Cc1ccc(OCc2c(Cl)cccc2Cl)cc1)N1CC[C@@]2(CCCN2C(=O)OC(C)(C)C)C1=O. The van der Waals surface area contributed by atoms with E-state index in [0.29, 0.717) is 53.7 Å². The summed E-state index contributed by atoms with van der Waals surface area (Å²) in [4.78, 5) is 42.7. The predicted molar refractivity (Wildman–Crippen MR) is 148 cm³/mol. The Morgan fingerprint density at radius 1 is 1.03 bits per heavy atom. The number of methoxy groups -OCH3 is 1. The second-order valence-corrected chi connectivity index (χ2v) is 11.7. The molecule has 0 aromatic heterocycles. The van der Waals surface area contributed by atoms with Gasteiger partial charge in [-0.25, -0.2) is 9.59 Å². The zero-order valence-corrected chi connectivity index (χ0v) is 24.2. The lowest BCUT2D eigenvalue weighted by Crippen LogP contribution is -2.56. The Morgan fingerprint density at radius 2 is 1.69 bits per heavy atom. The predicted octanol–water partition coefficient (Wildman–Crippen LogP) is 5.66. The quantitative estimate of drug-likeness (QED) is 0.395. The standard InChI is InChI=1S/C29H34Cl2N2O6/c1-28(2,3)39-27(36)33-15-6-13-29(33)14-16-32(26(29)35)24(25(34)37-4)17-19-9-11-20(12-10-19)38-18-21-22(30)7-5-8-23(21)31/h5,7-12,24H,6,13-18H2,1-4H3/t24-,29+/m1/s1. The van der Waals surface area contributed by atoms with E-state index < -0.39 is 29.2 Å². The van der Waals surface area contributed by atoms with Crippen molar-refractivity contribution in [2.75, 3.05) is 20.2 Å². The number of ether oxygens (including phenoxy) is 3. The van der Waals surface area contributed by atoms with Crippen LogP contribution in [0, 0.1) is 0 Å². The molecule has 10 heteroatoms. The minimum Gasteiger partial charge on any atom is -0.489 e. The Morgan fingerprint density at radius 3 is 2.31 bits per heavy atom. The van der Waals surface area contributed by atoms with E-state index in [1.807, 2.05) is 12.1 Å². The zero-order chi connectivity index (χ0) is 28.4. The molecule has 2 saturated heterocycles. The van der Waals surface area contributed by atoms with E-state index >= 15 is 0 Å². The van der Waals surface area contributed by atoms with Gasteiger partial charge in [0.1, 0.15) is 29.5 Å². The van der Waals surface area contributed by atoms with Crippen LogP contribution in [0.2, 0.25) is 10.0 Å². The highest BCUT2D eigenvalue weighted by atomic mass is 35.5. The van der Waals surface area contributed by atoms with Gasteiger partial charge in [-0.05, 0) is 69.9 Å². The first-order valence-electron chi connectivity index (χ1n) is 13.0. The van der Waals surface area contributed by atoms with Crippen LogP contribution in [-0.4, -0.2) is 65.2 Å². The van der Waals surface area contributed by atoms with Gasteiger partial charge in [0.05, 0.1) is 7.11 Å². The lowest BCUT2D eigenvalue weighted by molar-refractivity contribution is -0.153. The number of carbonyl (C=O) groups excluding carboxylic acids is 3. The van der Waals surface area contributed by atoms with Gasteiger partial charge in [-0.2, -0.15) is 0 Å². The van der Waals surface area contributed by atoms with Crippen LogP contribution in [0.15, 0.2) is 42.5 Å². The summed E-state index contributed by atoms with van der Waals surface area (Å²) in [5, 5.41) is 1.06. The molecule has 210 valence electrons. The number of hydrogen-bond acceptors (Lipinski definition) is 6. The molecule has 0 saturated carbocycles. The van der Waals surface area contributed by atoms with Gasteiger partial charge in [0.2, 0.25) is 5.91 Å². The van der Waals surface area contributed by atoms with Crippen molar-refractivity contribution in [3.8, 4) is 5.75 Å². The smallest absolute Gasteiger partial charge is 0.411 e. The molecule has 1 spiro atoms. The van der Waals surface area contributed by atoms with Crippen LogP contribution in [0.1, 0.15) is 51.2 Å². The molecule has 2 aliphatic heterocycles. The Labute approximate surface area is 239 Å². The van der Waals surface area contributed by atoms with Crippen LogP contribution in [-0.2, 0) is 32.1 Å². The van der Waals surface area contributed by atoms with E-state index in [4.69, 9.17) is 37.4 Å². The molecule has 0 bridgehead atoms. The van der Waals surface area contributed by atoms with Crippen LogP contribution >= 0.6 is 23.2 Å². The number of benzene rings is 2. The van der Waals surface area contributed by atoms with Crippen LogP contribution < -0.4 is 4.74 Å². The van der Waals surface area contributed by atoms with Crippen molar-refractivity contribution >= 4 is 41.2 Å². The van der Waals surface area contributed by atoms with Gasteiger partial charge in [0.25, 0.3) is 0 Å². The summed E-state index contributed by atoms with van der Waals surface area (Å²) >= 11 is 12.5. The molecular formula is C29H34Cl2N2O6. The Kier molecular flexibility index (Phi) is 8.66. The fourth-order valence-corrected chi connectivity index (χ4v) is 5.76. The number of likely N-dealkylation sites (tertiary alicyclic amines) is 2. The van der Waals surface area contributed by atoms with E-state index in [1.165, 1.54) is 7.11 Å². The number of carbonyl (C=O) groups is 3. The molecule has 0 aliphatic carbocycles. The van der Waals surface area contributed by atoms with E-state index in [0.717, 1.165) is 5.56 Å². The lowest BCUT2D eigenvalue weighted by atomic mass is 9.94. The number of hydrogen-bond donors (Lipinski definition) is 0. The molecular weight excluding hydrogens is 543 g/mol. The van der Waals surface area contributed by atoms with Crippen LogP contribution in [0.4, 0.5) is 4.79 Å². The Balaban J connectivity index is 1.47. The topological polar surface area (TPSA) is 85.4 Å². The Hall–Kier alpha value is -2.97. The number of amides is 2. The normalized spacial score (nSPS) is 19.9. The van der Waals surface area contributed by atoms with Crippen LogP contribution in [0.3, 0.4) is 0 Å². The summed E-state index contributed by atoms with van der Waals surface area (Å²) in [5.41, 5.74) is -0.138. The van der Waals surface area contributed by atoms with E-state index in [1.54, 1.807) is 60.9 Å². The van der Waals surface area contributed by atoms with E-state index in [-0.39, 0.29) is 18.9 Å². The van der Waals surface area contributed by atoms with Crippen molar-refractivity contribution in [3.63, 3.8) is 0 Å². The van der Waals surface area contributed by atoms with Crippen molar-refractivity contribution in [1.82, 2.24) is 9.80 Å². The zero-order valence-electron chi connectivity index (χ0n) is 22.7. The van der Waals surface area contributed by atoms with Crippen molar-refractivity contribution in [1.29, 1.82) is 0 Å². The van der Waals surface area contributed by atoms with Crippen LogP contribution in [0.25, 0.3) is 0 Å². The summed E-state index contributed by atoms with van der Waals surface area (Å²) in [6.45, 7) is 6.39. The molecule has 2 atom stereocenters. The third-order valence-corrected chi connectivity index (χ3v) is 7.88. The first kappa shape index (κ1) is 29.0. The maximum atomic E-state index is 13.8. The number of nitrogens with zero attached hydrogens (tertiary/aromatic N) is 2. The summed E-state index contributed by atoms with van der Waals surface area (Å²) < 4.78 is 16.5. The highest BCUT2D eigenvalue weighted by Gasteiger charge is 2.57. The summed E-state index contributed by atoms with van der Waals surface area (Å²) in [6.07, 6.45) is 1.44. The fourth-order valence-electron chi connectivity index (χ4n) is 5.25. The molecule has 8 nitrogen and oxygen atoms in total. The third-order valence-electron chi connectivity index (χ3n) is 7.17. The van der Waals surface area contributed by atoms with Gasteiger partial charge >= 0.3 is 12.1 Å². The molecule has 2 aromatic carbocycles. The maximum Gasteiger partial charge on any atom is 0.411 e. The molecule has 2 heterocycles. The molecule has 2 aromatic rings. The van der Waals surface area contributed by atoms with E-state index in [9.17, 15) is 14.4 Å². The highest BCUT2D eigenvalue weighted by molar-refractivity contribution is 6.35. The van der Waals surface area contributed by atoms with Crippen LogP contribution in [0.5, 0.6) is 5.75 Å². The van der Waals surface area contributed by atoms with Crippen molar-refractivity contribution in [2.24, 2.45) is 0 Å². The number of halogens is 2. The van der Waals surface area contributed by atoms with Gasteiger partial charge in [0, 0.05) is 35.1 Å². The van der Waals surface area contributed by atoms with Crippen molar-refractivity contribution in [2.45, 2.75) is 70.2 Å². The van der Waals surface area contributed by atoms with Gasteiger partial charge < -0.3 is 19.1 Å². The highest BCUT2D eigenvalue weighted by Crippen LogP contribution is 2.41. The Bertz CT molecular complexity index is 1210. The molecule has 2 amide bonds. The van der Waals surface area contributed by atoms with Crippen molar-refractivity contribution in [3.05, 3.63) is 63.6 Å². The molecule has 2 fully saturated rings. The molecule has 0 N–H and O–H groups in total. The molecule has 0 radical (unpaired) electrons. The molecule has 39 heavy (non-hydrogen) atoms. The first-order chi connectivity index (χ1) is 18.4. The van der Waals surface area contributed by atoms with Gasteiger partial charge in [0.15, 0.2) is 0 Å². The maximum absolute atomic E-state index is 13.8. The van der Waals surface area contributed by atoms with Gasteiger partial charge in [-0.15, -0.1) is 0 Å². The first-order valence-corrected chi connectivity index (χ1v) is 13.7. The summed E-state index contributed by atoms with van der Waals surface area (Å²) in [7, 11) is 1.31. The second-order valence-electron chi connectivity index (χ2n) is 10.9. The number of esters is 1. The van der Waals surface area contributed by atoms with Crippen molar-refractivity contribution < 1.29 is 28.6 Å². The average Bonchev–Trinajstić information content (AvgIpc) is 3.46. The molecule has 4 rings (SSSR count). The largest absolute Gasteiger partial charge is 0.489 e. The minimum absolute atomic E-state index is 0.209. The minimum atomic E-state index is -0.994. The van der Waals surface area contributed by atoms with E-state index in [2.05, 4.69) is 0 Å². The molecule has 2 aliphatic rings. The fraction of sp³-hybridized carbons (Fsp3) is 0.483. The third kappa shape index (κ3) is 6.28. The summed E-state index contributed by atoms with van der Waals surface area (Å²) in [6, 6.07) is 11.7. The second kappa shape index (κ2) is 11.6.